The van der Waals surface area contributed by atoms with Crippen molar-refractivity contribution in [1.29, 1.82) is 0 Å². The monoisotopic (exact) mass is 246 g/mol. The predicted molar refractivity (Wildman–Crippen MR) is 70.4 cm³/mol. The van der Waals surface area contributed by atoms with E-state index >= 15 is 0 Å². The summed E-state index contributed by atoms with van der Waals surface area (Å²) in [4.78, 5) is 22.8. The van der Waals surface area contributed by atoms with E-state index in [0.717, 1.165) is 12.8 Å². The summed E-state index contributed by atoms with van der Waals surface area (Å²) in [5, 5.41) is 2.79. The van der Waals surface area contributed by atoms with Crippen molar-refractivity contribution in [1.82, 2.24) is 0 Å². The Morgan fingerprint density at radius 3 is 2.44 bits per heavy atom. The number of rotatable bonds is 5. The summed E-state index contributed by atoms with van der Waals surface area (Å²) in [7, 11) is 0. The third-order valence-corrected chi connectivity index (χ3v) is 3.22. The highest BCUT2D eigenvalue weighted by Crippen LogP contribution is 2.32. The van der Waals surface area contributed by atoms with Crippen LogP contribution >= 0.6 is 0 Å². The van der Waals surface area contributed by atoms with E-state index in [1.165, 1.54) is 6.92 Å². The number of amides is 1. The summed E-state index contributed by atoms with van der Waals surface area (Å²) in [5.41, 5.74) is 7.24. The SMILES string of the molecule is CC(=O)c1ccc(NC(=O)CC(N)C2CC2)cc1. The van der Waals surface area contributed by atoms with Gasteiger partial charge in [0.1, 0.15) is 0 Å². The quantitative estimate of drug-likeness (QED) is 0.780. The second-order valence-corrected chi connectivity index (χ2v) is 4.89. The van der Waals surface area contributed by atoms with Gasteiger partial charge in [-0.1, -0.05) is 0 Å². The molecule has 1 aliphatic rings. The fourth-order valence-electron chi connectivity index (χ4n) is 1.91. The summed E-state index contributed by atoms with van der Waals surface area (Å²) < 4.78 is 0. The van der Waals surface area contributed by atoms with Crippen LogP contribution in [0.5, 0.6) is 0 Å². The zero-order valence-corrected chi connectivity index (χ0v) is 10.5. The molecular formula is C14H18N2O2. The molecule has 3 N–H and O–H groups in total. The molecule has 0 radical (unpaired) electrons. The second-order valence-electron chi connectivity index (χ2n) is 4.89. The van der Waals surface area contributed by atoms with Crippen LogP contribution in [0.3, 0.4) is 0 Å². The fourth-order valence-corrected chi connectivity index (χ4v) is 1.91. The molecule has 0 heterocycles. The number of Topliss-reactive ketones (excluding diaryl/α,β-unsaturated/α-hetero) is 1. The van der Waals surface area contributed by atoms with Gasteiger partial charge in [0.05, 0.1) is 0 Å². The first-order valence-electron chi connectivity index (χ1n) is 6.22. The zero-order valence-electron chi connectivity index (χ0n) is 10.5. The molecule has 18 heavy (non-hydrogen) atoms. The number of benzene rings is 1. The van der Waals surface area contributed by atoms with Crippen molar-refractivity contribution < 1.29 is 9.59 Å². The molecule has 1 unspecified atom stereocenters. The molecule has 1 aliphatic carbocycles. The van der Waals surface area contributed by atoms with E-state index in [4.69, 9.17) is 5.73 Å². The Labute approximate surface area is 107 Å². The van der Waals surface area contributed by atoms with Gasteiger partial charge in [-0.3, -0.25) is 9.59 Å². The van der Waals surface area contributed by atoms with E-state index in [1.54, 1.807) is 24.3 Å². The minimum absolute atomic E-state index is 0.0173. The minimum Gasteiger partial charge on any atom is -0.327 e. The standard InChI is InChI=1S/C14H18N2O2/c1-9(17)10-4-6-12(7-5-10)16-14(18)8-13(15)11-2-3-11/h4-7,11,13H,2-3,8,15H2,1H3,(H,16,18). The Kier molecular flexibility index (Phi) is 3.77. The fraction of sp³-hybridized carbons (Fsp3) is 0.429. The number of nitrogens with two attached hydrogens (primary N) is 1. The van der Waals surface area contributed by atoms with Crippen LogP contribution in [0, 0.1) is 5.92 Å². The van der Waals surface area contributed by atoms with Crippen molar-refractivity contribution in [3.63, 3.8) is 0 Å². The molecule has 1 aromatic rings. The van der Waals surface area contributed by atoms with Gasteiger partial charge in [-0.05, 0) is 49.9 Å². The van der Waals surface area contributed by atoms with Crippen molar-refractivity contribution >= 4 is 17.4 Å². The van der Waals surface area contributed by atoms with Gasteiger partial charge in [-0.15, -0.1) is 0 Å². The molecule has 1 fully saturated rings. The highest BCUT2D eigenvalue weighted by atomic mass is 16.1. The Morgan fingerprint density at radius 1 is 1.33 bits per heavy atom. The van der Waals surface area contributed by atoms with Crippen LogP contribution in [0.25, 0.3) is 0 Å². The maximum atomic E-state index is 11.7. The summed E-state index contributed by atoms with van der Waals surface area (Å²) in [6.07, 6.45) is 2.64. The molecule has 4 nitrogen and oxygen atoms in total. The van der Waals surface area contributed by atoms with Gasteiger partial charge in [0, 0.05) is 23.7 Å². The summed E-state index contributed by atoms with van der Waals surface area (Å²) in [6.45, 7) is 1.52. The van der Waals surface area contributed by atoms with E-state index in [0.29, 0.717) is 23.6 Å². The number of nitrogens with one attached hydrogen (secondary N) is 1. The number of hydrogen-bond acceptors (Lipinski definition) is 3. The average molecular weight is 246 g/mol. The highest BCUT2D eigenvalue weighted by Gasteiger charge is 2.29. The molecule has 4 heteroatoms. The second kappa shape index (κ2) is 5.31. The molecule has 2 rings (SSSR count). The van der Waals surface area contributed by atoms with E-state index in [-0.39, 0.29) is 17.7 Å². The van der Waals surface area contributed by atoms with Gasteiger partial charge in [-0.2, -0.15) is 0 Å². The van der Waals surface area contributed by atoms with Crippen LogP contribution in [0.4, 0.5) is 5.69 Å². The Balaban J connectivity index is 1.88. The number of carbonyl (C=O) groups excluding carboxylic acids is 2. The van der Waals surface area contributed by atoms with Crippen LogP contribution in [0.1, 0.15) is 36.5 Å². The lowest BCUT2D eigenvalue weighted by Gasteiger charge is -2.10. The van der Waals surface area contributed by atoms with Gasteiger partial charge in [0.2, 0.25) is 5.91 Å². The highest BCUT2D eigenvalue weighted by molar-refractivity contribution is 5.95. The van der Waals surface area contributed by atoms with Crippen LogP contribution in [0.2, 0.25) is 0 Å². The Hall–Kier alpha value is -1.68. The van der Waals surface area contributed by atoms with Gasteiger partial charge in [-0.25, -0.2) is 0 Å². The minimum atomic E-state index is -0.0648. The van der Waals surface area contributed by atoms with Gasteiger partial charge >= 0.3 is 0 Å². The maximum absolute atomic E-state index is 11.7. The molecule has 0 bridgehead atoms. The number of hydrogen-bond donors (Lipinski definition) is 2. The van der Waals surface area contributed by atoms with Gasteiger partial charge in [0.15, 0.2) is 5.78 Å². The first-order valence-corrected chi connectivity index (χ1v) is 6.22. The van der Waals surface area contributed by atoms with Crippen molar-refractivity contribution in [2.75, 3.05) is 5.32 Å². The van der Waals surface area contributed by atoms with Crippen LogP contribution in [-0.2, 0) is 4.79 Å². The molecule has 0 spiro atoms. The molecular weight excluding hydrogens is 228 g/mol. The molecule has 1 amide bonds. The third-order valence-electron chi connectivity index (χ3n) is 3.22. The molecule has 96 valence electrons. The topological polar surface area (TPSA) is 72.2 Å². The number of carbonyl (C=O) groups is 2. The molecule has 0 aromatic heterocycles. The summed E-state index contributed by atoms with van der Waals surface area (Å²) >= 11 is 0. The summed E-state index contributed by atoms with van der Waals surface area (Å²) in [5.74, 6) is 0.476. The van der Waals surface area contributed by atoms with E-state index in [1.807, 2.05) is 0 Å². The molecule has 1 saturated carbocycles. The Morgan fingerprint density at radius 2 is 1.94 bits per heavy atom. The van der Waals surface area contributed by atoms with Crippen molar-refractivity contribution in [3.8, 4) is 0 Å². The first kappa shape index (κ1) is 12.8. The number of ketones is 1. The average Bonchev–Trinajstić information content (AvgIpc) is 3.13. The van der Waals surface area contributed by atoms with E-state index in [9.17, 15) is 9.59 Å². The lowest BCUT2D eigenvalue weighted by Crippen LogP contribution is -2.28. The first-order chi connectivity index (χ1) is 8.56. The maximum Gasteiger partial charge on any atom is 0.225 e. The summed E-state index contributed by atoms with van der Waals surface area (Å²) in [6, 6.07) is 6.85. The van der Waals surface area contributed by atoms with E-state index < -0.39 is 0 Å². The lowest BCUT2D eigenvalue weighted by molar-refractivity contribution is -0.116. The molecule has 1 atom stereocenters. The largest absolute Gasteiger partial charge is 0.327 e. The lowest BCUT2D eigenvalue weighted by atomic mass is 10.1. The Bertz CT molecular complexity index is 449. The van der Waals surface area contributed by atoms with Crippen molar-refractivity contribution in [2.45, 2.75) is 32.2 Å². The molecule has 0 aliphatic heterocycles. The normalized spacial score (nSPS) is 16.1. The van der Waals surface area contributed by atoms with Crippen LogP contribution < -0.4 is 11.1 Å². The third kappa shape index (κ3) is 3.40. The number of anilines is 1. The smallest absolute Gasteiger partial charge is 0.225 e. The van der Waals surface area contributed by atoms with Crippen LogP contribution in [0.15, 0.2) is 24.3 Å². The van der Waals surface area contributed by atoms with E-state index in [2.05, 4.69) is 5.32 Å². The van der Waals surface area contributed by atoms with Gasteiger partial charge in [0.25, 0.3) is 0 Å². The van der Waals surface area contributed by atoms with Gasteiger partial charge < -0.3 is 11.1 Å². The van der Waals surface area contributed by atoms with Crippen molar-refractivity contribution in [2.24, 2.45) is 11.7 Å². The molecule has 0 saturated heterocycles. The predicted octanol–water partition coefficient (Wildman–Crippen LogP) is 1.96. The van der Waals surface area contributed by atoms with Crippen molar-refractivity contribution in [3.05, 3.63) is 29.8 Å². The zero-order chi connectivity index (χ0) is 13.1. The molecule has 1 aromatic carbocycles. The van der Waals surface area contributed by atoms with Crippen LogP contribution in [-0.4, -0.2) is 17.7 Å².